The molecule has 1 spiro atoms. The molecule has 1 aromatic heterocycles. The van der Waals surface area contributed by atoms with Gasteiger partial charge in [-0.2, -0.15) is 4.31 Å². The number of benzene rings is 1. The van der Waals surface area contributed by atoms with E-state index in [1.807, 2.05) is 9.47 Å². The number of carbonyl (C=O) groups excluding carboxylic acids is 1. The van der Waals surface area contributed by atoms with Gasteiger partial charge in [-0.25, -0.2) is 17.8 Å². The summed E-state index contributed by atoms with van der Waals surface area (Å²) >= 11 is 0. The van der Waals surface area contributed by atoms with Crippen molar-refractivity contribution in [3.8, 4) is 0 Å². The highest BCUT2D eigenvalue weighted by molar-refractivity contribution is 7.89. The van der Waals surface area contributed by atoms with Gasteiger partial charge in [0, 0.05) is 37.1 Å². The van der Waals surface area contributed by atoms with Gasteiger partial charge < -0.3 is 9.47 Å². The van der Waals surface area contributed by atoms with E-state index in [0.717, 1.165) is 25.8 Å². The molecule has 2 aliphatic heterocycles. The van der Waals surface area contributed by atoms with E-state index in [-0.39, 0.29) is 28.3 Å². The highest BCUT2D eigenvalue weighted by Gasteiger charge is 2.58. The van der Waals surface area contributed by atoms with Crippen LogP contribution in [0.3, 0.4) is 0 Å². The van der Waals surface area contributed by atoms with Crippen LogP contribution in [0.25, 0.3) is 0 Å². The van der Waals surface area contributed by atoms with E-state index in [2.05, 4.69) is 11.9 Å². The SMILES string of the molecule is C[C@@H]1CCn2cncc2C(=O)N1C1CC2(C1)CN(S(=O)(=O)c1ccccc1F)C2. The number of rotatable bonds is 3. The third-order valence-electron chi connectivity index (χ3n) is 6.64. The number of sulfonamides is 1. The van der Waals surface area contributed by atoms with E-state index in [1.54, 1.807) is 12.5 Å². The first-order chi connectivity index (χ1) is 13.8. The molecular formula is C20H23FN4O3S. The van der Waals surface area contributed by atoms with Crippen molar-refractivity contribution in [2.45, 2.75) is 49.7 Å². The first kappa shape index (κ1) is 18.7. The first-order valence-corrected chi connectivity index (χ1v) is 11.3. The zero-order chi connectivity index (χ0) is 20.4. The Morgan fingerprint density at radius 1 is 1.21 bits per heavy atom. The number of amides is 1. The molecule has 1 atom stereocenters. The van der Waals surface area contributed by atoms with Crippen molar-refractivity contribution in [1.82, 2.24) is 18.8 Å². The molecule has 0 unspecified atom stereocenters. The average molecular weight is 418 g/mol. The van der Waals surface area contributed by atoms with Gasteiger partial charge in [0.15, 0.2) is 0 Å². The van der Waals surface area contributed by atoms with Crippen molar-refractivity contribution in [2.75, 3.05) is 13.1 Å². The first-order valence-electron chi connectivity index (χ1n) is 9.88. The van der Waals surface area contributed by atoms with Gasteiger partial charge in [0.05, 0.1) is 12.5 Å². The number of nitrogens with zero attached hydrogens (tertiary/aromatic N) is 4. The molecule has 29 heavy (non-hydrogen) atoms. The molecule has 2 aromatic rings. The minimum Gasteiger partial charge on any atom is -0.332 e. The molecule has 2 fully saturated rings. The molecule has 3 heterocycles. The lowest BCUT2D eigenvalue weighted by atomic mass is 9.61. The number of halogens is 1. The molecule has 9 heteroatoms. The Labute approximate surface area is 169 Å². The minimum absolute atomic E-state index is 0.00232. The fourth-order valence-corrected chi connectivity index (χ4v) is 6.79. The molecule has 0 N–H and O–H groups in total. The van der Waals surface area contributed by atoms with Crippen LogP contribution in [0.1, 0.15) is 36.7 Å². The predicted octanol–water partition coefficient (Wildman–Crippen LogP) is 2.11. The van der Waals surface area contributed by atoms with Gasteiger partial charge >= 0.3 is 0 Å². The Bertz CT molecular complexity index is 1070. The van der Waals surface area contributed by atoms with Crippen LogP contribution < -0.4 is 0 Å². The van der Waals surface area contributed by atoms with Crippen LogP contribution in [-0.4, -0.2) is 58.3 Å². The summed E-state index contributed by atoms with van der Waals surface area (Å²) in [4.78, 5) is 18.8. The molecule has 1 saturated carbocycles. The quantitative estimate of drug-likeness (QED) is 0.765. The maximum absolute atomic E-state index is 14.0. The molecule has 1 aromatic carbocycles. The standard InChI is InChI=1S/C20H23FN4O3S/c1-14-6-7-23-13-22-10-17(23)19(26)25(14)15-8-20(9-15)11-24(12-20)29(27,28)18-5-3-2-4-16(18)21/h2-5,10,13-15H,6-9,11-12H2,1H3/t14-/m1/s1. The smallest absolute Gasteiger partial charge is 0.272 e. The van der Waals surface area contributed by atoms with Crippen LogP contribution in [-0.2, 0) is 16.6 Å². The van der Waals surface area contributed by atoms with Gasteiger partial charge in [-0.3, -0.25) is 4.79 Å². The third-order valence-corrected chi connectivity index (χ3v) is 8.46. The highest BCUT2D eigenvalue weighted by atomic mass is 32.2. The van der Waals surface area contributed by atoms with Crippen LogP contribution >= 0.6 is 0 Å². The number of aryl methyl sites for hydroxylation is 1. The zero-order valence-electron chi connectivity index (χ0n) is 16.2. The Morgan fingerprint density at radius 3 is 2.66 bits per heavy atom. The molecule has 5 rings (SSSR count). The van der Waals surface area contributed by atoms with Crippen molar-refractivity contribution in [3.63, 3.8) is 0 Å². The Balaban J connectivity index is 1.28. The summed E-state index contributed by atoms with van der Waals surface area (Å²) in [5.74, 6) is -0.719. The van der Waals surface area contributed by atoms with Crippen LogP contribution in [0.5, 0.6) is 0 Å². The monoisotopic (exact) mass is 418 g/mol. The molecule has 154 valence electrons. The van der Waals surface area contributed by atoms with Crippen LogP contribution in [0.2, 0.25) is 0 Å². The second-order valence-corrected chi connectivity index (χ2v) is 10.5. The minimum atomic E-state index is -3.82. The molecular weight excluding hydrogens is 395 g/mol. The van der Waals surface area contributed by atoms with Crippen molar-refractivity contribution < 1.29 is 17.6 Å². The van der Waals surface area contributed by atoms with E-state index >= 15 is 0 Å². The summed E-state index contributed by atoms with van der Waals surface area (Å²) in [6.45, 7) is 3.60. The van der Waals surface area contributed by atoms with Gasteiger partial charge in [0.2, 0.25) is 10.0 Å². The zero-order valence-corrected chi connectivity index (χ0v) is 17.0. The molecule has 0 bridgehead atoms. The Morgan fingerprint density at radius 2 is 1.93 bits per heavy atom. The van der Waals surface area contributed by atoms with E-state index in [4.69, 9.17) is 0 Å². The summed E-state index contributed by atoms with van der Waals surface area (Å²) in [7, 11) is -3.82. The van der Waals surface area contributed by atoms with E-state index < -0.39 is 15.8 Å². The third kappa shape index (κ3) is 2.82. The van der Waals surface area contributed by atoms with Crippen LogP contribution in [0.15, 0.2) is 41.7 Å². The van der Waals surface area contributed by atoms with Gasteiger partial charge in [-0.1, -0.05) is 12.1 Å². The molecule has 1 saturated heterocycles. The van der Waals surface area contributed by atoms with E-state index in [0.29, 0.717) is 18.8 Å². The number of hydrogen-bond donors (Lipinski definition) is 0. The van der Waals surface area contributed by atoms with Gasteiger partial charge in [-0.15, -0.1) is 0 Å². The average Bonchev–Trinajstić information content (AvgIpc) is 3.04. The number of imidazole rings is 1. The normalized spacial score (nSPS) is 24.7. The molecule has 3 aliphatic rings. The molecule has 7 nitrogen and oxygen atoms in total. The second kappa shape index (κ2) is 6.37. The molecule has 1 aliphatic carbocycles. The van der Waals surface area contributed by atoms with Crippen LogP contribution in [0.4, 0.5) is 4.39 Å². The highest BCUT2D eigenvalue weighted by Crippen LogP contribution is 2.52. The lowest BCUT2D eigenvalue weighted by Gasteiger charge is -2.60. The maximum atomic E-state index is 14.0. The van der Waals surface area contributed by atoms with Gasteiger partial charge in [-0.05, 0) is 38.3 Å². The van der Waals surface area contributed by atoms with E-state index in [9.17, 15) is 17.6 Å². The van der Waals surface area contributed by atoms with Crippen molar-refractivity contribution in [1.29, 1.82) is 0 Å². The lowest BCUT2D eigenvalue weighted by Crippen LogP contribution is -2.68. The van der Waals surface area contributed by atoms with Crippen molar-refractivity contribution in [3.05, 3.63) is 48.3 Å². The predicted molar refractivity (Wildman–Crippen MR) is 103 cm³/mol. The Kier molecular flexibility index (Phi) is 4.12. The maximum Gasteiger partial charge on any atom is 0.272 e. The van der Waals surface area contributed by atoms with Crippen LogP contribution in [0, 0.1) is 11.2 Å². The summed E-state index contributed by atoms with van der Waals surface area (Å²) in [5, 5.41) is 0. The van der Waals surface area contributed by atoms with Crippen molar-refractivity contribution >= 4 is 15.9 Å². The fourth-order valence-electron chi connectivity index (χ4n) is 5.06. The molecule has 1 amide bonds. The number of carbonyl (C=O) groups is 1. The van der Waals surface area contributed by atoms with Gasteiger partial charge in [0.1, 0.15) is 16.4 Å². The summed E-state index contributed by atoms with van der Waals surface area (Å²) in [6.07, 6.45) is 5.74. The van der Waals surface area contributed by atoms with Gasteiger partial charge in [0.25, 0.3) is 5.91 Å². The Hall–Kier alpha value is -2.26. The topological polar surface area (TPSA) is 75.5 Å². The molecule has 0 radical (unpaired) electrons. The fraction of sp³-hybridized carbons (Fsp3) is 0.500. The largest absolute Gasteiger partial charge is 0.332 e. The van der Waals surface area contributed by atoms with Crippen molar-refractivity contribution in [2.24, 2.45) is 5.41 Å². The number of aromatic nitrogens is 2. The number of fused-ring (bicyclic) bond motifs is 1. The summed E-state index contributed by atoms with van der Waals surface area (Å²) in [5.41, 5.74) is 0.517. The summed E-state index contributed by atoms with van der Waals surface area (Å²) < 4.78 is 42.6. The number of hydrogen-bond acceptors (Lipinski definition) is 4. The second-order valence-electron chi connectivity index (χ2n) is 8.59. The summed E-state index contributed by atoms with van der Waals surface area (Å²) in [6, 6.07) is 5.72. The van der Waals surface area contributed by atoms with E-state index in [1.165, 1.54) is 28.6 Å². The lowest BCUT2D eigenvalue weighted by molar-refractivity contribution is -0.0740.